The molecule has 4 heteroatoms. The Morgan fingerprint density at radius 1 is 1.43 bits per heavy atom. The normalized spacial score (nSPS) is 22.6. The molecule has 1 aromatic carbocycles. The summed E-state index contributed by atoms with van der Waals surface area (Å²) in [6.45, 7) is 6.23. The smallest absolute Gasteiger partial charge is 0.185 e. The van der Waals surface area contributed by atoms with Crippen LogP contribution in [0.25, 0.3) is 0 Å². The van der Waals surface area contributed by atoms with Gasteiger partial charge in [0.2, 0.25) is 0 Å². The molecule has 0 N–H and O–H groups in total. The van der Waals surface area contributed by atoms with Crippen molar-refractivity contribution in [1.29, 1.82) is 5.26 Å². The first-order valence-corrected chi connectivity index (χ1v) is 7.30. The molecule has 1 fully saturated rings. The van der Waals surface area contributed by atoms with Gasteiger partial charge in [0.15, 0.2) is 6.29 Å². The highest BCUT2D eigenvalue weighted by Crippen LogP contribution is 2.37. The minimum Gasteiger partial charge on any atom is -0.348 e. The predicted octanol–water partition coefficient (Wildman–Crippen LogP) is 3.37. The Bertz CT molecular complexity index is 559. The Labute approximate surface area is 125 Å². The number of nitriles is 1. The van der Waals surface area contributed by atoms with Crippen molar-refractivity contribution in [3.8, 4) is 6.07 Å². The topological polar surface area (TPSA) is 59.3 Å². The van der Waals surface area contributed by atoms with Gasteiger partial charge >= 0.3 is 0 Å². The van der Waals surface area contributed by atoms with Gasteiger partial charge in [0, 0.05) is 17.4 Å². The van der Waals surface area contributed by atoms with Gasteiger partial charge in [-0.15, -0.1) is 0 Å². The molecule has 1 aliphatic heterocycles. The molecule has 2 rings (SSSR count). The van der Waals surface area contributed by atoms with E-state index < -0.39 is 11.7 Å². The fraction of sp³-hybridized carbons (Fsp3) is 0.529. The van der Waals surface area contributed by atoms with Crippen LogP contribution in [0, 0.1) is 16.7 Å². The van der Waals surface area contributed by atoms with Crippen molar-refractivity contribution in [2.75, 3.05) is 6.61 Å². The van der Waals surface area contributed by atoms with Crippen LogP contribution in [0.15, 0.2) is 24.3 Å². The summed E-state index contributed by atoms with van der Waals surface area (Å²) in [6.07, 6.45) is 0.399. The molecule has 0 bridgehead atoms. The van der Waals surface area contributed by atoms with Crippen molar-refractivity contribution in [2.45, 2.75) is 46.0 Å². The van der Waals surface area contributed by atoms with Gasteiger partial charge in [-0.3, -0.25) is 4.79 Å². The summed E-state index contributed by atoms with van der Waals surface area (Å²) in [7, 11) is 0. The molecule has 0 aromatic heterocycles. The lowest BCUT2D eigenvalue weighted by Crippen LogP contribution is -2.43. The Balaban J connectivity index is 2.22. The van der Waals surface area contributed by atoms with Gasteiger partial charge < -0.3 is 9.47 Å². The van der Waals surface area contributed by atoms with Gasteiger partial charge in [-0.1, -0.05) is 39.0 Å². The number of Topliss-reactive ketones (excluding diaryl/α,β-unsaturated/α-hetero) is 1. The van der Waals surface area contributed by atoms with Crippen LogP contribution in [0.3, 0.4) is 0 Å². The molecule has 1 heterocycles. The van der Waals surface area contributed by atoms with E-state index in [0.29, 0.717) is 25.0 Å². The molecule has 21 heavy (non-hydrogen) atoms. The zero-order valence-electron chi connectivity index (χ0n) is 12.8. The van der Waals surface area contributed by atoms with Crippen molar-refractivity contribution >= 4 is 5.78 Å². The second-order valence-corrected chi connectivity index (χ2v) is 5.81. The number of carbonyl (C=O) groups excluding carboxylic acids is 1. The summed E-state index contributed by atoms with van der Waals surface area (Å²) < 4.78 is 11.7. The number of hydrogen-bond acceptors (Lipinski definition) is 4. The minimum atomic E-state index is -0.580. The first-order chi connectivity index (χ1) is 10.0. The molecule has 1 saturated heterocycles. The molecule has 112 valence electrons. The van der Waals surface area contributed by atoms with E-state index in [2.05, 4.69) is 6.07 Å². The molecule has 0 spiro atoms. The Hall–Kier alpha value is -1.70. The second kappa shape index (κ2) is 6.38. The van der Waals surface area contributed by atoms with E-state index in [-0.39, 0.29) is 11.9 Å². The van der Waals surface area contributed by atoms with E-state index in [1.54, 1.807) is 6.07 Å². The van der Waals surface area contributed by atoms with Crippen LogP contribution in [0.5, 0.6) is 0 Å². The highest BCUT2D eigenvalue weighted by Gasteiger charge is 2.40. The van der Waals surface area contributed by atoms with Crippen LogP contribution >= 0.6 is 0 Å². The highest BCUT2D eigenvalue weighted by molar-refractivity contribution is 5.84. The molecule has 0 unspecified atom stereocenters. The molecule has 1 aliphatic rings. The summed E-state index contributed by atoms with van der Waals surface area (Å²) in [5, 5.41) is 9.19. The standard InChI is InChI=1S/C17H21NO3/c1-4-14(19)17(2,3)15-9-10-20-16(21-15)13-8-6-5-7-12(13)11-18/h5-8,15-16H,4,9-10H2,1-3H3/t15-,16-/m0/s1. The van der Waals surface area contributed by atoms with Crippen molar-refractivity contribution in [2.24, 2.45) is 5.41 Å². The largest absolute Gasteiger partial charge is 0.348 e. The summed E-state index contributed by atoms with van der Waals surface area (Å²) >= 11 is 0. The van der Waals surface area contributed by atoms with Crippen molar-refractivity contribution < 1.29 is 14.3 Å². The zero-order valence-corrected chi connectivity index (χ0v) is 12.8. The number of carbonyl (C=O) groups is 1. The number of nitrogens with zero attached hydrogens (tertiary/aromatic N) is 1. The molecule has 0 saturated carbocycles. The van der Waals surface area contributed by atoms with Crippen molar-refractivity contribution in [3.63, 3.8) is 0 Å². The van der Waals surface area contributed by atoms with Gasteiger partial charge in [-0.2, -0.15) is 5.26 Å². The Kier molecular flexibility index (Phi) is 4.76. The predicted molar refractivity (Wildman–Crippen MR) is 78.4 cm³/mol. The monoisotopic (exact) mass is 287 g/mol. The molecule has 2 atom stereocenters. The molecular weight excluding hydrogens is 266 g/mol. The molecule has 0 radical (unpaired) electrons. The molecular formula is C17H21NO3. The maximum atomic E-state index is 12.1. The van der Waals surface area contributed by atoms with Crippen LogP contribution in [0.4, 0.5) is 0 Å². The number of benzene rings is 1. The lowest BCUT2D eigenvalue weighted by Gasteiger charge is -2.39. The van der Waals surface area contributed by atoms with E-state index in [0.717, 1.165) is 5.56 Å². The maximum Gasteiger partial charge on any atom is 0.185 e. The summed E-state index contributed by atoms with van der Waals surface area (Å²) in [6, 6.07) is 9.40. The fourth-order valence-corrected chi connectivity index (χ4v) is 2.67. The first-order valence-electron chi connectivity index (χ1n) is 7.30. The molecule has 4 nitrogen and oxygen atoms in total. The lowest BCUT2D eigenvalue weighted by molar-refractivity contribution is -0.238. The summed E-state index contributed by atoms with van der Waals surface area (Å²) in [4.78, 5) is 12.1. The van der Waals surface area contributed by atoms with Crippen LogP contribution in [0.1, 0.15) is 51.0 Å². The van der Waals surface area contributed by atoms with Gasteiger partial charge in [0.25, 0.3) is 0 Å². The van der Waals surface area contributed by atoms with E-state index in [4.69, 9.17) is 9.47 Å². The number of ether oxygens (including phenoxy) is 2. The van der Waals surface area contributed by atoms with Crippen LogP contribution in [0.2, 0.25) is 0 Å². The third kappa shape index (κ3) is 3.15. The maximum absolute atomic E-state index is 12.1. The van der Waals surface area contributed by atoms with E-state index in [1.807, 2.05) is 39.0 Å². The Morgan fingerprint density at radius 2 is 2.14 bits per heavy atom. The van der Waals surface area contributed by atoms with Crippen molar-refractivity contribution in [3.05, 3.63) is 35.4 Å². The van der Waals surface area contributed by atoms with Crippen LogP contribution in [-0.4, -0.2) is 18.5 Å². The van der Waals surface area contributed by atoms with Gasteiger partial charge in [-0.05, 0) is 12.5 Å². The average molecular weight is 287 g/mol. The lowest BCUT2D eigenvalue weighted by atomic mass is 9.79. The van der Waals surface area contributed by atoms with E-state index in [1.165, 1.54) is 0 Å². The Morgan fingerprint density at radius 3 is 2.81 bits per heavy atom. The molecule has 0 aliphatic carbocycles. The van der Waals surface area contributed by atoms with Gasteiger partial charge in [0.1, 0.15) is 5.78 Å². The van der Waals surface area contributed by atoms with Crippen LogP contribution in [-0.2, 0) is 14.3 Å². The van der Waals surface area contributed by atoms with E-state index >= 15 is 0 Å². The fourth-order valence-electron chi connectivity index (χ4n) is 2.67. The third-order valence-electron chi connectivity index (χ3n) is 4.12. The summed E-state index contributed by atoms with van der Waals surface area (Å²) in [5.41, 5.74) is 0.727. The quantitative estimate of drug-likeness (QED) is 0.852. The molecule has 1 aromatic rings. The SMILES string of the molecule is CCC(=O)C(C)(C)[C@@H]1CCO[C@H](c2ccccc2C#N)O1. The first kappa shape index (κ1) is 15.7. The number of ketones is 1. The van der Waals surface area contributed by atoms with Crippen molar-refractivity contribution in [1.82, 2.24) is 0 Å². The number of rotatable bonds is 4. The second-order valence-electron chi connectivity index (χ2n) is 5.81. The zero-order chi connectivity index (χ0) is 15.5. The van der Waals surface area contributed by atoms with Gasteiger partial charge in [-0.25, -0.2) is 0 Å². The highest BCUT2D eigenvalue weighted by atomic mass is 16.7. The average Bonchev–Trinajstić information content (AvgIpc) is 2.54. The van der Waals surface area contributed by atoms with Gasteiger partial charge in [0.05, 0.1) is 24.3 Å². The van der Waals surface area contributed by atoms with Crippen LogP contribution < -0.4 is 0 Å². The number of hydrogen-bond donors (Lipinski definition) is 0. The minimum absolute atomic E-state index is 0.182. The van der Waals surface area contributed by atoms with E-state index in [9.17, 15) is 10.1 Å². The molecule has 0 amide bonds. The summed E-state index contributed by atoms with van der Waals surface area (Å²) in [5.74, 6) is 0.182. The third-order valence-corrected chi connectivity index (χ3v) is 4.12.